The van der Waals surface area contributed by atoms with E-state index in [0.29, 0.717) is 6.04 Å². The van der Waals surface area contributed by atoms with Crippen LogP contribution in [0.25, 0.3) is 10.9 Å². The molecular formula is C16H19IN2. The summed E-state index contributed by atoms with van der Waals surface area (Å²) in [4.78, 5) is 6.05. The number of fused-ring (bicyclic) bond motifs is 2. The van der Waals surface area contributed by atoms with Gasteiger partial charge in [0.25, 0.3) is 0 Å². The zero-order chi connectivity index (χ0) is 13.0. The minimum absolute atomic E-state index is 0.702. The van der Waals surface area contributed by atoms with Gasteiger partial charge in [-0.05, 0) is 43.0 Å². The molecule has 0 bridgehead atoms. The minimum Gasteiger partial charge on any atom is -0.361 e. The third kappa shape index (κ3) is 1.77. The van der Waals surface area contributed by atoms with Crippen LogP contribution in [0.3, 0.4) is 0 Å². The summed E-state index contributed by atoms with van der Waals surface area (Å²) in [5.74, 6) is 1.58. The molecule has 1 aromatic carbocycles. The van der Waals surface area contributed by atoms with Crippen molar-refractivity contribution >= 4 is 33.5 Å². The van der Waals surface area contributed by atoms with E-state index in [-0.39, 0.29) is 0 Å². The Labute approximate surface area is 127 Å². The fourth-order valence-electron chi connectivity index (χ4n) is 4.17. The fraction of sp³-hybridized carbons (Fsp3) is 0.500. The molecule has 0 saturated carbocycles. The van der Waals surface area contributed by atoms with Gasteiger partial charge >= 0.3 is 0 Å². The largest absolute Gasteiger partial charge is 0.361 e. The second kappa shape index (κ2) is 4.48. The van der Waals surface area contributed by atoms with Crippen molar-refractivity contribution < 1.29 is 0 Å². The summed E-state index contributed by atoms with van der Waals surface area (Å²) in [7, 11) is 2.31. The van der Waals surface area contributed by atoms with Crippen molar-refractivity contribution in [2.24, 2.45) is 5.92 Å². The summed E-state index contributed by atoms with van der Waals surface area (Å²) in [5, 5.41) is 1.52. The summed E-state index contributed by atoms with van der Waals surface area (Å²) in [5.41, 5.74) is 4.43. The Bertz CT molecular complexity index is 618. The second-order valence-electron chi connectivity index (χ2n) is 6.16. The summed E-state index contributed by atoms with van der Waals surface area (Å²) in [6.07, 6.45) is 4.80. The topological polar surface area (TPSA) is 19.0 Å². The molecule has 19 heavy (non-hydrogen) atoms. The number of alkyl halides is 1. The van der Waals surface area contributed by atoms with Crippen LogP contribution in [0.4, 0.5) is 0 Å². The molecule has 4 rings (SSSR count). The highest BCUT2D eigenvalue weighted by molar-refractivity contribution is 14.1. The van der Waals surface area contributed by atoms with Gasteiger partial charge in [-0.25, -0.2) is 0 Å². The number of hydrogen-bond acceptors (Lipinski definition) is 1. The van der Waals surface area contributed by atoms with E-state index in [2.05, 4.69) is 63.9 Å². The van der Waals surface area contributed by atoms with Crippen LogP contribution in [0, 0.1) is 5.92 Å². The van der Waals surface area contributed by atoms with Gasteiger partial charge in [0.15, 0.2) is 0 Å². The van der Waals surface area contributed by atoms with Crippen LogP contribution in [-0.4, -0.2) is 33.9 Å². The molecule has 1 N–H and O–H groups in total. The van der Waals surface area contributed by atoms with Crippen molar-refractivity contribution in [3.05, 3.63) is 35.5 Å². The molecule has 2 aliphatic rings. The average Bonchev–Trinajstić information content (AvgIpc) is 2.85. The molecule has 1 saturated heterocycles. The average molecular weight is 366 g/mol. The molecule has 2 nitrogen and oxygen atoms in total. The van der Waals surface area contributed by atoms with E-state index in [9.17, 15) is 0 Å². The third-order valence-electron chi connectivity index (χ3n) is 5.03. The van der Waals surface area contributed by atoms with Gasteiger partial charge in [-0.2, -0.15) is 0 Å². The maximum atomic E-state index is 3.45. The molecular weight excluding hydrogens is 347 g/mol. The molecule has 1 aliphatic heterocycles. The lowest BCUT2D eigenvalue weighted by Gasteiger charge is -2.45. The molecule has 0 spiro atoms. The lowest BCUT2D eigenvalue weighted by Crippen LogP contribution is -2.48. The first kappa shape index (κ1) is 12.2. The molecule has 0 amide bonds. The monoisotopic (exact) mass is 366 g/mol. The van der Waals surface area contributed by atoms with Crippen LogP contribution in [0.5, 0.6) is 0 Å². The van der Waals surface area contributed by atoms with E-state index in [0.717, 1.165) is 11.8 Å². The van der Waals surface area contributed by atoms with E-state index >= 15 is 0 Å². The predicted molar refractivity (Wildman–Crippen MR) is 88.2 cm³/mol. The molecule has 0 radical (unpaired) electrons. The number of aromatic nitrogens is 1. The number of piperidine rings is 1. The van der Waals surface area contributed by atoms with Crippen LogP contribution < -0.4 is 0 Å². The van der Waals surface area contributed by atoms with Crippen molar-refractivity contribution in [3.8, 4) is 0 Å². The number of rotatable bonds is 1. The Morgan fingerprint density at radius 2 is 2.32 bits per heavy atom. The highest BCUT2D eigenvalue weighted by Gasteiger charge is 2.38. The zero-order valence-corrected chi connectivity index (χ0v) is 13.4. The maximum Gasteiger partial charge on any atom is 0.0459 e. The van der Waals surface area contributed by atoms with Crippen molar-refractivity contribution in [2.45, 2.75) is 24.8 Å². The van der Waals surface area contributed by atoms with Gasteiger partial charge in [-0.15, -0.1) is 0 Å². The number of H-pyrrole nitrogens is 1. The van der Waals surface area contributed by atoms with E-state index in [1.54, 1.807) is 5.56 Å². The lowest BCUT2D eigenvalue weighted by molar-refractivity contribution is 0.122. The number of hydrogen-bond donors (Lipinski definition) is 1. The van der Waals surface area contributed by atoms with Gasteiger partial charge in [0.05, 0.1) is 0 Å². The molecule has 2 heterocycles. The SMILES string of the molecule is CN1CC(CI)CC2c3cccc4[nH]cc(c34)C[C@H]21. The van der Waals surface area contributed by atoms with Crippen LogP contribution in [0.2, 0.25) is 0 Å². The van der Waals surface area contributed by atoms with Gasteiger partial charge in [-0.3, -0.25) is 0 Å². The minimum atomic E-state index is 0.702. The van der Waals surface area contributed by atoms with Crippen molar-refractivity contribution in [1.29, 1.82) is 0 Å². The maximum absolute atomic E-state index is 3.45. The van der Waals surface area contributed by atoms with Crippen LogP contribution >= 0.6 is 22.6 Å². The highest BCUT2D eigenvalue weighted by Crippen LogP contribution is 2.44. The summed E-state index contributed by atoms with van der Waals surface area (Å²) >= 11 is 2.55. The van der Waals surface area contributed by atoms with Crippen molar-refractivity contribution in [3.63, 3.8) is 0 Å². The number of nitrogens with zero attached hydrogens (tertiary/aromatic N) is 1. The highest BCUT2D eigenvalue weighted by atomic mass is 127. The molecule has 3 heteroatoms. The first-order valence-electron chi connectivity index (χ1n) is 7.13. The normalized spacial score (nSPS) is 30.5. The summed E-state index contributed by atoms with van der Waals surface area (Å²) in [6.45, 7) is 1.26. The Hall–Kier alpha value is -0.550. The molecule has 1 fully saturated rings. The van der Waals surface area contributed by atoms with Crippen molar-refractivity contribution in [2.75, 3.05) is 18.0 Å². The van der Waals surface area contributed by atoms with Gasteiger partial charge in [-0.1, -0.05) is 34.7 Å². The number of benzene rings is 1. The first-order valence-corrected chi connectivity index (χ1v) is 8.65. The van der Waals surface area contributed by atoms with Crippen LogP contribution in [0.1, 0.15) is 23.5 Å². The molecule has 2 unspecified atom stereocenters. The Kier molecular flexibility index (Phi) is 2.88. The number of halogens is 1. The molecule has 3 atom stereocenters. The first-order chi connectivity index (χ1) is 9.28. The fourth-order valence-corrected chi connectivity index (χ4v) is 4.80. The Balaban J connectivity index is 1.86. The lowest BCUT2D eigenvalue weighted by atomic mass is 9.73. The van der Waals surface area contributed by atoms with Crippen LogP contribution in [-0.2, 0) is 6.42 Å². The molecule has 100 valence electrons. The standard InChI is InChI=1S/C16H19IN2/c1-19-9-10(7-17)5-13-12-3-2-4-14-16(12)11(8-18-14)6-15(13)19/h2-4,8,10,13,15,18H,5-7,9H2,1H3/t10?,13?,15-/m1/s1. The Morgan fingerprint density at radius 3 is 3.16 bits per heavy atom. The molecule has 2 aromatic rings. The molecule has 1 aliphatic carbocycles. The van der Waals surface area contributed by atoms with Gasteiger partial charge in [0, 0.05) is 40.0 Å². The number of aromatic amines is 1. The number of likely N-dealkylation sites (tertiary alicyclic amines) is 1. The van der Waals surface area contributed by atoms with Gasteiger partial charge in [0.1, 0.15) is 0 Å². The summed E-state index contributed by atoms with van der Waals surface area (Å²) < 4.78 is 1.28. The zero-order valence-electron chi connectivity index (χ0n) is 11.2. The summed E-state index contributed by atoms with van der Waals surface area (Å²) in [6, 6.07) is 7.49. The number of likely N-dealkylation sites (N-methyl/N-ethyl adjacent to an activating group) is 1. The van der Waals surface area contributed by atoms with Crippen LogP contribution in [0.15, 0.2) is 24.4 Å². The quantitative estimate of drug-likeness (QED) is 0.604. The van der Waals surface area contributed by atoms with Gasteiger partial charge < -0.3 is 9.88 Å². The van der Waals surface area contributed by atoms with E-state index in [1.807, 2.05) is 0 Å². The van der Waals surface area contributed by atoms with E-state index in [1.165, 1.54) is 40.3 Å². The smallest absolute Gasteiger partial charge is 0.0459 e. The van der Waals surface area contributed by atoms with Crippen molar-refractivity contribution in [1.82, 2.24) is 9.88 Å². The second-order valence-corrected chi connectivity index (χ2v) is 7.04. The van der Waals surface area contributed by atoms with E-state index in [4.69, 9.17) is 0 Å². The predicted octanol–water partition coefficient (Wildman–Crippen LogP) is 3.56. The van der Waals surface area contributed by atoms with Gasteiger partial charge in [0.2, 0.25) is 0 Å². The third-order valence-corrected chi connectivity index (χ3v) is 6.28. The van der Waals surface area contributed by atoms with E-state index < -0.39 is 0 Å². The Morgan fingerprint density at radius 1 is 1.42 bits per heavy atom. The molecule has 1 aromatic heterocycles. The number of nitrogens with one attached hydrogen (secondary N) is 1.